The lowest BCUT2D eigenvalue weighted by Crippen LogP contribution is -2.37. The molecule has 1 atom stereocenters. The first-order valence-corrected chi connectivity index (χ1v) is 7.69. The van der Waals surface area contributed by atoms with E-state index in [9.17, 15) is 18.6 Å². The van der Waals surface area contributed by atoms with Crippen LogP contribution in [-0.4, -0.2) is 37.6 Å². The molecule has 5 heteroatoms. The highest BCUT2D eigenvalue weighted by Gasteiger charge is 2.46. The van der Waals surface area contributed by atoms with E-state index < -0.39 is 15.3 Å². The van der Waals surface area contributed by atoms with E-state index in [1.54, 1.807) is 24.3 Å². The Morgan fingerprint density at radius 3 is 2.44 bits per heavy atom. The van der Waals surface area contributed by atoms with Gasteiger partial charge in [0.05, 0.1) is 23.9 Å². The molecule has 0 bridgehead atoms. The van der Waals surface area contributed by atoms with Gasteiger partial charge in [-0.1, -0.05) is 25.1 Å². The lowest BCUT2D eigenvalue weighted by molar-refractivity contribution is 0.0332. The number of hydrogen-bond acceptors (Lipinski definition) is 4. The largest absolute Gasteiger partial charge is 0.396 e. The van der Waals surface area contributed by atoms with Gasteiger partial charge in [-0.2, -0.15) is 0 Å². The second kappa shape index (κ2) is 4.64. The summed E-state index contributed by atoms with van der Waals surface area (Å²) in [6.45, 7) is 1.43. The maximum atomic E-state index is 12.1. The molecule has 0 aromatic heterocycles. The molecule has 2 rings (SSSR count). The van der Waals surface area contributed by atoms with Crippen LogP contribution in [0.3, 0.4) is 0 Å². The van der Waals surface area contributed by atoms with Crippen molar-refractivity contribution in [3.8, 4) is 0 Å². The average molecular weight is 270 g/mol. The molecule has 4 nitrogen and oxygen atoms in total. The lowest BCUT2D eigenvalue weighted by Gasteiger charge is -2.34. The number of fused-ring (bicyclic) bond motifs is 1. The molecule has 18 heavy (non-hydrogen) atoms. The third-order valence-corrected chi connectivity index (χ3v) is 5.90. The van der Waals surface area contributed by atoms with E-state index in [-0.39, 0.29) is 24.9 Å². The van der Waals surface area contributed by atoms with Crippen LogP contribution in [0.4, 0.5) is 0 Å². The zero-order valence-electron chi connectivity index (χ0n) is 10.3. The molecule has 2 N–H and O–H groups in total. The van der Waals surface area contributed by atoms with E-state index in [0.29, 0.717) is 11.3 Å². The summed E-state index contributed by atoms with van der Waals surface area (Å²) < 4.78 is 24.2. The zero-order chi connectivity index (χ0) is 13.4. The van der Waals surface area contributed by atoms with Crippen LogP contribution in [0, 0.1) is 5.41 Å². The van der Waals surface area contributed by atoms with Crippen LogP contribution >= 0.6 is 0 Å². The van der Waals surface area contributed by atoms with Crippen molar-refractivity contribution in [2.45, 2.75) is 24.2 Å². The Balaban J connectivity index is 2.57. The van der Waals surface area contributed by atoms with Crippen molar-refractivity contribution in [2.24, 2.45) is 5.41 Å². The Labute approximate surface area is 107 Å². The van der Waals surface area contributed by atoms with Crippen LogP contribution in [0.25, 0.3) is 0 Å². The van der Waals surface area contributed by atoms with Crippen molar-refractivity contribution < 1.29 is 18.6 Å². The number of sulfone groups is 1. The minimum atomic E-state index is -3.29. The van der Waals surface area contributed by atoms with Crippen LogP contribution in [0.2, 0.25) is 0 Å². The Morgan fingerprint density at radius 2 is 1.89 bits per heavy atom. The van der Waals surface area contributed by atoms with Gasteiger partial charge in [0.15, 0.2) is 9.84 Å². The van der Waals surface area contributed by atoms with Gasteiger partial charge >= 0.3 is 0 Å². The van der Waals surface area contributed by atoms with Gasteiger partial charge in [-0.05, 0) is 18.1 Å². The second-order valence-electron chi connectivity index (χ2n) is 4.90. The number of hydrogen-bond donors (Lipinski definition) is 2. The molecule has 0 spiro atoms. The molecule has 100 valence electrons. The van der Waals surface area contributed by atoms with Gasteiger partial charge in [0.25, 0.3) is 0 Å². The van der Waals surface area contributed by atoms with Gasteiger partial charge in [0.1, 0.15) is 0 Å². The Morgan fingerprint density at radius 1 is 1.28 bits per heavy atom. The maximum Gasteiger partial charge on any atom is 0.179 e. The maximum absolute atomic E-state index is 12.1. The monoisotopic (exact) mass is 270 g/mol. The zero-order valence-corrected chi connectivity index (χ0v) is 11.2. The molecule has 1 aliphatic heterocycles. The number of aliphatic hydroxyl groups is 2. The molecule has 1 aliphatic rings. The van der Waals surface area contributed by atoms with E-state index in [1.165, 1.54) is 0 Å². The summed E-state index contributed by atoms with van der Waals surface area (Å²) in [5.41, 5.74) is -0.0397. The lowest BCUT2D eigenvalue weighted by atomic mass is 9.72. The van der Waals surface area contributed by atoms with Crippen LogP contribution in [0.5, 0.6) is 0 Å². The van der Waals surface area contributed by atoms with Crippen molar-refractivity contribution in [3.05, 3.63) is 29.8 Å². The fourth-order valence-electron chi connectivity index (χ4n) is 2.70. The van der Waals surface area contributed by atoms with E-state index in [0.717, 1.165) is 5.56 Å². The standard InChI is InChI=1S/C13H18O4S/c1-2-13(8-14,9-15)11-7-18(16,17)12-6-4-3-5-10(11)12/h3-6,11,14-15H,2,7-9H2,1H3. The summed E-state index contributed by atoms with van der Waals surface area (Å²) in [4.78, 5) is 0.342. The van der Waals surface area contributed by atoms with E-state index in [4.69, 9.17) is 0 Å². The highest BCUT2D eigenvalue weighted by molar-refractivity contribution is 7.91. The fourth-order valence-corrected chi connectivity index (χ4v) is 4.70. The first-order valence-electron chi connectivity index (χ1n) is 6.04. The highest BCUT2D eigenvalue weighted by Crippen LogP contribution is 2.46. The Bertz CT molecular complexity index is 523. The van der Waals surface area contributed by atoms with Crippen molar-refractivity contribution in [1.82, 2.24) is 0 Å². The SMILES string of the molecule is CCC(CO)(CO)C1CS(=O)(=O)c2ccccc21. The van der Waals surface area contributed by atoms with E-state index in [1.807, 2.05) is 6.92 Å². The van der Waals surface area contributed by atoms with Gasteiger partial charge in [-0.3, -0.25) is 0 Å². The summed E-state index contributed by atoms with van der Waals surface area (Å²) >= 11 is 0. The number of rotatable bonds is 4. The third-order valence-electron chi connectivity index (χ3n) is 4.09. The Hall–Kier alpha value is -0.910. The van der Waals surface area contributed by atoms with Gasteiger partial charge in [-0.25, -0.2) is 8.42 Å². The molecule has 0 saturated carbocycles. The minimum absolute atomic E-state index is 0.0265. The summed E-state index contributed by atoms with van der Waals surface area (Å²) in [6.07, 6.45) is 0.536. The molecule has 1 unspecified atom stereocenters. The highest BCUT2D eigenvalue weighted by atomic mass is 32.2. The second-order valence-corrected chi connectivity index (χ2v) is 6.91. The molecule has 1 heterocycles. The number of benzene rings is 1. The summed E-state index contributed by atoms with van der Waals surface area (Å²) in [5, 5.41) is 19.2. The summed E-state index contributed by atoms with van der Waals surface area (Å²) in [7, 11) is -3.29. The smallest absolute Gasteiger partial charge is 0.179 e. The van der Waals surface area contributed by atoms with Crippen molar-refractivity contribution in [3.63, 3.8) is 0 Å². The molecular weight excluding hydrogens is 252 g/mol. The first kappa shape index (κ1) is 13.5. The van der Waals surface area contributed by atoms with Gasteiger partial charge < -0.3 is 10.2 Å². The Kier molecular flexibility index (Phi) is 3.49. The van der Waals surface area contributed by atoms with Crippen LogP contribution < -0.4 is 0 Å². The number of aliphatic hydroxyl groups excluding tert-OH is 2. The predicted molar refractivity (Wildman–Crippen MR) is 68.1 cm³/mol. The average Bonchev–Trinajstić information content (AvgIpc) is 2.66. The molecule has 0 fully saturated rings. The molecule has 0 aliphatic carbocycles. The quantitative estimate of drug-likeness (QED) is 0.854. The van der Waals surface area contributed by atoms with Gasteiger partial charge in [0.2, 0.25) is 0 Å². The van der Waals surface area contributed by atoms with Crippen molar-refractivity contribution in [1.29, 1.82) is 0 Å². The van der Waals surface area contributed by atoms with Crippen molar-refractivity contribution in [2.75, 3.05) is 19.0 Å². The van der Waals surface area contributed by atoms with Crippen LogP contribution in [0.1, 0.15) is 24.8 Å². The molecule has 0 radical (unpaired) electrons. The van der Waals surface area contributed by atoms with E-state index in [2.05, 4.69) is 0 Å². The van der Waals surface area contributed by atoms with Crippen LogP contribution in [0.15, 0.2) is 29.2 Å². The minimum Gasteiger partial charge on any atom is -0.396 e. The van der Waals surface area contributed by atoms with Crippen molar-refractivity contribution >= 4 is 9.84 Å². The van der Waals surface area contributed by atoms with E-state index >= 15 is 0 Å². The molecular formula is C13H18O4S. The molecule has 1 aromatic rings. The molecule has 0 amide bonds. The summed E-state index contributed by atoms with van der Waals surface area (Å²) in [6, 6.07) is 6.87. The van der Waals surface area contributed by atoms with Crippen LogP contribution in [-0.2, 0) is 9.84 Å². The third kappa shape index (κ3) is 1.86. The first-order chi connectivity index (χ1) is 8.50. The van der Waals surface area contributed by atoms with Gasteiger partial charge in [-0.15, -0.1) is 0 Å². The van der Waals surface area contributed by atoms with Gasteiger partial charge in [0, 0.05) is 11.3 Å². The topological polar surface area (TPSA) is 74.6 Å². The summed E-state index contributed by atoms with van der Waals surface area (Å²) in [5.74, 6) is -0.361. The normalized spacial score (nSPS) is 21.8. The molecule has 1 aromatic carbocycles. The fraction of sp³-hybridized carbons (Fsp3) is 0.538. The predicted octanol–water partition coefficient (Wildman–Crippen LogP) is 0.939. The molecule has 0 saturated heterocycles.